The Kier molecular flexibility index (Phi) is 6.37. The number of hydrogen-bond donors (Lipinski definition) is 2. The number of anilines is 1. The first-order valence-electron chi connectivity index (χ1n) is 11.7. The van der Waals surface area contributed by atoms with Crippen molar-refractivity contribution in [3.05, 3.63) is 84.7 Å². The minimum Gasteiger partial charge on any atom is -0.395 e. The van der Waals surface area contributed by atoms with Crippen molar-refractivity contribution in [1.82, 2.24) is 14.8 Å². The number of aliphatic hydroxyl groups excluding tert-OH is 1. The fraction of sp³-hybridized carbons (Fsp3) is 0.333. The molecule has 3 heterocycles. The van der Waals surface area contributed by atoms with Gasteiger partial charge in [0.15, 0.2) is 0 Å². The lowest BCUT2D eigenvalue weighted by Crippen LogP contribution is -2.68. The Balaban J connectivity index is 1.35. The van der Waals surface area contributed by atoms with Gasteiger partial charge in [-0.2, -0.15) is 0 Å². The van der Waals surface area contributed by atoms with E-state index < -0.39 is 0 Å². The second-order valence-corrected chi connectivity index (χ2v) is 8.89. The van der Waals surface area contributed by atoms with E-state index in [0.29, 0.717) is 6.54 Å². The van der Waals surface area contributed by atoms with Crippen LogP contribution in [0.2, 0.25) is 0 Å². The van der Waals surface area contributed by atoms with Crippen molar-refractivity contribution in [2.45, 2.75) is 30.8 Å². The highest BCUT2D eigenvalue weighted by Crippen LogP contribution is 2.42. The Bertz CT molecular complexity index is 1060. The number of carbonyl (C=O) groups is 1. The molecule has 0 radical (unpaired) electrons. The summed E-state index contributed by atoms with van der Waals surface area (Å²) in [6, 6.07) is 22.5. The minimum absolute atomic E-state index is 0.0534. The normalized spacial score (nSPS) is 23.1. The summed E-state index contributed by atoms with van der Waals surface area (Å²) in [5.74, 6) is 0.201. The number of nitrogens with zero attached hydrogens (tertiary/aromatic N) is 3. The number of nitrogens with one attached hydrogen (secondary N) is 1. The molecule has 2 N–H and O–H groups in total. The molecule has 3 atom stereocenters. The maximum Gasteiger partial charge on any atom is 0.321 e. The summed E-state index contributed by atoms with van der Waals surface area (Å²) >= 11 is 0. The molecule has 2 amide bonds. The van der Waals surface area contributed by atoms with Crippen LogP contribution < -0.4 is 5.32 Å². The average Bonchev–Trinajstić information content (AvgIpc) is 2.84. The molecule has 2 aliphatic heterocycles. The first-order chi connectivity index (χ1) is 16.2. The number of carbonyl (C=O) groups excluding carboxylic acids is 1. The third-order valence-electron chi connectivity index (χ3n) is 6.99. The molecule has 2 fully saturated rings. The van der Waals surface area contributed by atoms with Gasteiger partial charge in [-0.1, -0.05) is 42.5 Å². The molecule has 2 aliphatic rings. The highest BCUT2D eigenvalue weighted by molar-refractivity contribution is 5.89. The van der Waals surface area contributed by atoms with Crippen molar-refractivity contribution in [2.24, 2.45) is 0 Å². The van der Waals surface area contributed by atoms with Crippen LogP contribution in [0.3, 0.4) is 0 Å². The molecule has 2 saturated heterocycles. The molecule has 33 heavy (non-hydrogen) atoms. The zero-order valence-electron chi connectivity index (χ0n) is 18.7. The van der Waals surface area contributed by atoms with Crippen LogP contribution in [0.4, 0.5) is 10.5 Å². The fourth-order valence-electron chi connectivity index (χ4n) is 5.29. The van der Waals surface area contributed by atoms with Gasteiger partial charge in [-0.05, 0) is 60.3 Å². The highest BCUT2D eigenvalue weighted by atomic mass is 16.3. The first-order valence-corrected chi connectivity index (χ1v) is 11.7. The topological polar surface area (TPSA) is 68.7 Å². The summed E-state index contributed by atoms with van der Waals surface area (Å²) in [4.78, 5) is 21.5. The summed E-state index contributed by atoms with van der Waals surface area (Å²) in [6.45, 7) is 2.51. The zero-order valence-corrected chi connectivity index (χ0v) is 18.7. The van der Waals surface area contributed by atoms with E-state index in [-0.39, 0.29) is 30.6 Å². The van der Waals surface area contributed by atoms with Gasteiger partial charge in [-0.25, -0.2) is 4.79 Å². The van der Waals surface area contributed by atoms with Gasteiger partial charge < -0.3 is 15.3 Å². The predicted molar refractivity (Wildman–Crippen MR) is 130 cm³/mol. The van der Waals surface area contributed by atoms with Crippen LogP contribution in [0.15, 0.2) is 79.1 Å². The van der Waals surface area contributed by atoms with E-state index in [2.05, 4.69) is 39.5 Å². The number of aliphatic hydroxyl groups is 1. The number of pyridine rings is 1. The molecule has 1 aromatic heterocycles. The van der Waals surface area contributed by atoms with Crippen molar-refractivity contribution >= 4 is 11.7 Å². The average molecular weight is 443 g/mol. The van der Waals surface area contributed by atoms with E-state index >= 15 is 0 Å². The Morgan fingerprint density at radius 3 is 2.36 bits per heavy atom. The van der Waals surface area contributed by atoms with E-state index in [0.717, 1.165) is 42.7 Å². The summed E-state index contributed by atoms with van der Waals surface area (Å²) < 4.78 is 0. The molecular weight excluding hydrogens is 412 g/mol. The summed E-state index contributed by atoms with van der Waals surface area (Å²) in [6.07, 6.45) is 5.60. The van der Waals surface area contributed by atoms with Crippen LogP contribution in [-0.4, -0.2) is 64.2 Å². The summed E-state index contributed by atoms with van der Waals surface area (Å²) in [5, 5.41) is 13.2. The quantitative estimate of drug-likeness (QED) is 0.635. The Morgan fingerprint density at radius 1 is 0.939 bits per heavy atom. The number of amides is 2. The number of fused-ring (bicyclic) bond motifs is 1. The van der Waals surface area contributed by atoms with Crippen molar-refractivity contribution in [3.63, 3.8) is 0 Å². The molecular formula is C27H30N4O2. The Morgan fingerprint density at radius 2 is 1.64 bits per heavy atom. The standard InChI is InChI=1S/C27H30N4O2/c32-19-25-26(22-10-8-20(9-11-22)21-12-14-28-15-13-21)24-18-30(16-4-5-17-31(24)25)27(33)29-23-6-2-1-3-7-23/h1-3,6-15,24-26,32H,4-5,16-19H2,(H,29,33)/t24-,25-,26-/m1/s1. The highest BCUT2D eigenvalue weighted by Gasteiger charge is 2.49. The predicted octanol–water partition coefficient (Wildman–Crippen LogP) is 4.21. The molecule has 2 aromatic carbocycles. The molecule has 3 aromatic rings. The number of aromatic nitrogens is 1. The maximum atomic E-state index is 13.0. The molecule has 5 rings (SSSR count). The summed E-state index contributed by atoms with van der Waals surface area (Å²) in [5.41, 5.74) is 4.32. The Hall–Kier alpha value is -3.22. The van der Waals surface area contributed by atoms with Crippen LogP contribution in [0.5, 0.6) is 0 Å². The van der Waals surface area contributed by atoms with Gasteiger partial charge in [-0.15, -0.1) is 0 Å². The van der Waals surface area contributed by atoms with E-state index in [1.165, 1.54) is 5.56 Å². The molecule has 170 valence electrons. The number of urea groups is 1. The van der Waals surface area contributed by atoms with Crippen LogP contribution in [0, 0.1) is 0 Å². The van der Waals surface area contributed by atoms with Crippen LogP contribution in [0.1, 0.15) is 24.3 Å². The lowest BCUT2D eigenvalue weighted by atomic mass is 9.74. The molecule has 0 aliphatic carbocycles. The molecule has 0 unspecified atom stereocenters. The van der Waals surface area contributed by atoms with Gasteiger partial charge >= 0.3 is 6.03 Å². The zero-order chi connectivity index (χ0) is 22.6. The third-order valence-corrected chi connectivity index (χ3v) is 6.99. The number of benzene rings is 2. The molecule has 0 saturated carbocycles. The minimum atomic E-state index is -0.0534. The van der Waals surface area contributed by atoms with Crippen LogP contribution in [0.25, 0.3) is 11.1 Å². The van der Waals surface area contributed by atoms with Crippen LogP contribution in [-0.2, 0) is 0 Å². The second kappa shape index (κ2) is 9.73. The largest absolute Gasteiger partial charge is 0.395 e. The van der Waals surface area contributed by atoms with E-state index in [1.807, 2.05) is 47.4 Å². The van der Waals surface area contributed by atoms with E-state index in [4.69, 9.17) is 0 Å². The SMILES string of the molecule is O=C(Nc1ccccc1)N1CCCCN2[C@H](CO)[C@H](c3ccc(-c4ccncc4)cc3)[C@H]2C1. The van der Waals surface area contributed by atoms with Crippen molar-refractivity contribution in [1.29, 1.82) is 0 Å². The lowest BCUT2D eigenvalue weighted by molar-refractivity contribution is -0.0585. The fourth-order valence-corrected chi connectivity index (χ4v) is 5.29. The van der Waals surface area contributed by atoms with Crippen molar-refractivity contribution in [3.8, 4) is 11.1 Å². The van der Waals surface area contributed by atoms with Gasteiger partial charge in [0.25, 0.3) is 0 Å². The maximum absolute atomic E-state index is 13.0. The van der Waals surface area contributed by atoms with Crippen molar-refractivity contribution in [2.75, 3.05) is 31.6 Å². The molecule has 6 heteroatoms. The number of rotatable bonds is 4. The van der Waals surface area contributed by atoms with E-state index in [1.54, 1.807) is 12.4 Å². The lowest BCUT2D eigenvalue weighted by Gasteiger charge is -2.57. The smallest absolute Gasteiger partial charge is 0.321 e. The summed E-state index contributed by atoms with van der Waals surface area (Å²) in [7, 11) is 0. The van der Waals surface area contributed by atoms with Gasteiger partial charge in [0.1, 0.15) is 0 Å². The van der Waals surface area contributed by atoms with Gasteiger partial charge in [-0.3, -0.25) is 9.88 Å². The van der Waals surface area contributed by atoms with Crippen LogP contribution >= 0.6 is 0 Å². The molecule has 0 spiro atoms. The third kappa shape index (κ3) is 4.49. The van der Waals surface area contributed by atoms with E-state index in [9.17, 15) is 9.90 Å². The second-order valence-electron chi connectivity index (χ2n) is 8.89. The van der Waals surface area contributed by atoms with Crippen molar-refractivity contribution < 1.29 is 9.90 Å². The number of para-hydroxylation sites is 1. The Labute approximate surface area is 194 Å². The van der Waals surface area contributed by atoms with Gasteiger partial charge in [0.2, 0.25) is 0 Å². The molecule has 6 nitrogen and oxygen atoms in total. The molecule has 0 bridgehead atoms. The first kappa shape index (κ1) is 21.6. The monoisotopic (exact) mass is 442 g/mol. The number of hydrogen-bond acceptors (Lipinski definition) is 4. The van der Waals surface area contributed by atoms with Gasteiger partial charge in [0.05, 0.1) is 6.61 Å². The van der Waals surface area contributed by atoms with Gasteiger partial charge in [0, 0.05) is 49.2 Å².